The second kappa shape index (κ2) is 8.58. The molecule has 3 aromatic rings. The summed E-state index contributed by atoms with van der Waals surface area (Å²) in [5.74, 6) is -0.687. The molecule has 0 radical (unpaired) electrons. The fraction of sp³-hybridized carbons (Fsp3) is 0.250. The molecule has 1 saturated heterocycles. The van der Waals surface area contributed by atoms with Gasteiger partial charge in [0.15, 0.2) is 0 Å². The van der Waals surface area contributed by atoms with Gasteiger partial charge in [-0.25, -0.2) is 13.4 Å². The van der Waals surface area contributed by atoms with E-state index in [-0.39, 0.29) is 29.3 Å². The third-order valence-electron chi connectivity index (χ3n) is 4.93. The Hall–Kier alpha value is -2.46. The number of hydrogen-bond acceptors (Lipinski definition) is 6. The number of rotatable bonds is 5. The van der Waals surface area contributed by atoms with E-state index in [0.29, 0.717) is 28.5 Å². The van der Waals surface area contributed by atoms with Crippen LogP contribution in [0.25, 0.3) is 5.65 Å². The molecule has 0 bridgehead atoms. The lowest BCUT2D eigenvalue weighted by atomic mass is 10.2. The van der Waals surface area contributed by atoms with Gasteiger partial charge < -0.3 is 4.74 Å². The molecule has 1 unspecified atom stereocenters. The van der Waals surface area contributed by atoms with Crippen molar-refractivity contribution in [2.45, 2.75) is 30.4 Å². The largest absolute Gasteiger partial charge is 0.458 e. The quantitative estimate of drug-likeness (QED) is 0.519. The zero-order valence-corrected chi connectivity index (χ0v) is 18.4. The minimum absolute atomic E-state index is 0.0551. The van der Waals surface area contributed by atoms with Crippen LogP contribution in [0.15, 0.2) is 58.4 Å². The van der Waals surface area contributed by atoms with Crippen LogP contribution in [0.1, 0.15) is 18.5 Å². The first-order valence-corrected chi connectivity index (χ1v) is 11.6. The van der Waals surface area contributed by atoms with Crippen LogP contribution in [0, 0.1) is 0 Å². The van der Waals surface area contributed by atoms with Crippen LogP contribution in [-0.2, 0) is 26.2 Å². The van der Waals surface area contributed by atoms with Gasteiger partial charge in [-0.3, -0.25) is 14.0 Å². The molecule has 1 fully saturated rings. The lowest BCUT2D eigenvalue weighted by Crippen LogP contribution is -2.41. The average molecular weight is 482 g/mol. The zero-order chi connectivity index (χ0) is 22.2. The molecule has 31 heavy (non-hydrogen) atoms. The van der Waals surface area contributed by atoms with Gasteiger partial charge in [-0.1, -0.05) is 23.2 Å². The third kappa shape index (κ3) is 4.45. The van der Waals surface area contributed by atoms with Crippen molar-refractivity contribution in [3.05, 3.63) is 74.8 Å². The van der Waals surface area contributed by atoms with Crippen LogP contribution in [0.2, 0.25) is 10.0 Å². The molecule has 1 atom stereocenters. The first-order chi connectivity index (χ1) is 14.8. The number of fused-ring (bicyclic) bond motifs is 1. The van der Waals surface area contributed by atoms with Crippen molar-refractivity contribution in [2.75, 3.05) is 6.54 Å². The first kappa shape index (κ1) is 21.8. The number of nitrogens with zero attached hydrogens (tertiary/aromatic N) is 3. The molecule has 0 N–H and O–H groups in total. The maximum Gasteiger partial charge on any atom is 0.324 e. The third-order valence-corrected chi connectivity index (χ3v) is 7.33. The van der Waals surface area contributed by atoms with Crippen molar-refractivity contribution in [1.82, 2.24) is 13.7 Å². The molecule has 1 aliphatic heterocycles. The van der Waals surface area contributed by atoms with Crippen molar-refractivity contribution >= 4 is 44.8 Å². The molecule has 162 valence electrons. The first-order valence-electron chi connectivity index (χ1n) is 9.37. The fourth-order valence-electron chi connectivity index (χ4n) is 3.45. The second-order valence-corrected chi connectivity index (χ2v) is 9.76. The van der Waals surface area contributed by atoms with E-state index in [9.17, 15) is 18.0 Å². The molecule has 8 nitrogen and oxygen atoms in total. The molecule has 0 spiro atoms. The Morgan fingerprint density at radius 1 is 1.13 bits per heavy atom. The van der Waals surface area contributed by atoms with Gasteiger partial charge in [0.05, 0.1) is 15.6 Å². The summed E-state index contributed by atoms with van der Waals surface area (Å²) in [5.41, 5.74) is 0.243. The van der Waals surface area contributed by atoms with Crippen molar-refractivity contribution in [3.63, 3.8) is 0 Å². The van der Waals surface area contributed by atoms with Gasteiger partial charge in [0.25, 0.3) is 5.56 Å². The molecular weight excluding hydrogens is 465 g/mol. The predicted molar refractivity (Wildman–Crippen MR) is 115 cm³/mol. The Balaban J connectivity index is 1.50. The van der Waals surface area contributed by atoms with E-state index in [0.717, 1.165) is 4.31 Å². The number of esters is 1. The van der Waals surface area contributed by atoms with E-state index in [1.165, 1.54) is 40.9 Å². The van der Waals surface area contributed by atoms with Gasteiger partial charge in [-0.15, -0.1) is 0 Å². The van der Waals surface area contributed by atoms with E-state index >= 15 is 0 Å². The molecule has 0 saturated carbocycles. The lowest BCUT2D eigenvalue weighted by Gasteiger charge is -2.22. The van der Waals surface area contributed by atoms with Crippen molar-refractivity contribution in [1.29, 1.82) is 0 Å². The summed E-state index contributed by atoms with van der Waals surface area (Å²) < 4.78 is 33.7. The minimum atomic E-state index is -3.88. The van der Waals surface area contributed by atoms with Crippen LogP contribution in [-0.4, -0.2) is 40.7 Å². The van der Waals surface area contributed by atoms with Crippen LogP contribution >= 0.6 is 23.2 Å². The molecule has 3 heterocycles. The normalized spacial score (nSPS) is 17.2. The molecular formula is C20H17Cl2N3O5S. The summed E-state index contributed by atoms with van der Waals surface area (Å²) in [6.45, 7) is -0.0421. The summed E-state index contributed by atoms with van der Waals surface area (Å²) in [4.78, 5) is 29.3. The molecule has 1 aliphatic rings. The Morgan fingerprint density at radius 2 is 1.84 bits per heavy atom. The number of hydrogen-bond donors (Lipinski definition) is 0. The topological polar surface area (TPSA) is 98.1 Å². The standard InChI is InChI=1S/C20H17Cl2N3O5S/c21-13-3-6-16(7-4-13)31(28,29)25-9-1-2-17(25)20(27)30-12-15-10-19(26)24-11-14(22)5-8-18(24)23-15/h3-8,10-11,17H,1-2,9,12H2. The van der Waals surface area contributed by atoms with Gasteiger partial charge in [0.1, 0.15) is 18.3 Å². The molecule has 0 aliphatic carbocycles. The number of aromatic nitrogens is 2. The van der Waals surface area contributed by atoms with Crippen LogP contribution < -0.4 is 5.56 Å². The van der Waals surface area contributed by atoms with Gasteiger partial charge in [-0.05, 0) is 49.2 Å². The number of ether oxygens (including phenoxy) is 1. The van der Waals surface area contributed by atoms with E-state index < -0.39 is 22.0 Å². The highest BCUT2D eigenvalue weighted by molar-refractivity contribution is 7.89. The minimum Gasteiger partial charge on any atom is -0.458 e. The number of sulfonamides is 1. The summed E-state index contributed by atoms with van der Waals surface area (Å²) in [7, 11) is -3.88. The number of carbonyl (C=O) groups excluding carboxylic acids is 1. The van der Waals surface area contributed by atoms with E-state index in [1.54, 1.807) is 12.1 Å². The highest BCUT2D eigenvalue weighted by Gasteiger charge is 2.40. The fourth-order valence-corrected chi connectivity index (χ4v) is 5.38. The number of pyridine rings is 1. The smallest absolute Gasteiger partial charge is 0.324 e. The van der Waals surface area contributed by atoms with Crippen molar-refractivity contribution in [3.8, 4) is 0 Å². The van der Waals surface area contributed by atoms with E-state index in [4.69, 9.17) is 27.9 Å². The van der Waals surface area contributed by atoms with Gasteiger partial charge in [0, 0.05) is 23.8 Å². The van der Waals surface area contributed by atoms with Crippen LogP contribution in [0.5, 0.6) is 0 Å². The van der Waals surface area contributed by atoms with Gasteiger partial charge in [0.2, 0.25) is 10.0 Å². The van der Waals surface area contributed by atoms with Gasteiger partial charge in [-0.2, -0.15) is 4.31 Å². The molecule has 4 rings (SSSR count). The summed E-state index contributed by atoms with van der Waals surface area (Å²) in [6.07, 6.45) is 2.32. The Labute approximate surface area is 188 Å². The average Bonchev–Trinajstić information content (AvgIpc) is 3.24. The maximum atomic E-state index is 13.0. The Morgan fingerprint density at radius 3 is 2.58 bits per heavy atom. The van der Waals surface area contributed by atoms with Crippen LogP contribution in [0.3, 0.4) is 0 Å². The molecule has 11 heteroatoms. The number of halogens is 2. The summed E-state index contributed by atoms with van der Waals surface area (Å²) in [5, 5.41) is 0.802. The molecule has 2 aromatic heterocycles. The van der Waals surface area contributed by atoms with Crippen LogP contribution in [0.4, 0.5) is 0 Å². The van der Waals surface area contributed by atoms with E-state index in [1.807, 2.05) is 0 Å². The summed E-state index contributed by atoms with van der Waals surface area (Å²) >= 11 is 11.7. The highest BCUT2D eigenvalue weighted by atomic mass is 35.5. The zero-order valence-electron chi connectivity index (χ0n) is 16.1. The van der Waals surface area contributed by atoms with Crippen molar-refractivity contribution < 1.29 is 17.9 Å². The highest BCUT2D eigenvalue weighted by Crippen LogP contribution is 2.27. The molecule has 1 aromatic carbocycles. The predicted octanol–water partition coefficient (Wildman–Crippen LogP) is 2.90. The number of carbonyl (C=O) groups is 1. The van der Waals surface area contributed by atoms with Crippen molar-refractivity contribution in [2.24, 2.45) is 0 Å². The number of benzene rings is 1. The SMILES string of the molecule is O=C(OCc1cc(=O)n2cc(Cl)ccc2n1)C1CCCN1S(=O)(=O)c1ccc(Cl)cc1. The Kier molecular flexibility index (Phi) is 6.02. The monoisotopic (exact) mass is 481 g/mol. The lowest BCUT2D eigenvalue weighted by molar-refractivity contribution is -0.148. The maximum absolute atomic E-state index is 13.0. The second-order valence-electron chi connectivity index (χ2n) is 7.00. The van der Waals surface area contributed by atoms with Gasteiger partial charge >= 0.3 is 5.97 Å². The van der Waals surface area contributed by atoms with E-state index in [2.05, 4.69) is 4.98 Å². The molecule has 0 amide bonds. The Bertz CT molecular complexity index is 1310. The summed E-state index contributed by atoms with van der Waals surface area (Å²) in [6, 6.07) is 9.23.